The van der Waals surface area contributed by atoms with Crippen LogP contribution in [0.15, 0.2) is 4.79 Å². The molecule has 5 nitrogen and oxygen atoms in total. The van der Waals surface area contributed by atoms with Gasteiger partial charge in [-0.05, 0) is 5.92 Å². The van der Waals surface area contributed by atoms with Gasteiger partial charge in [0.25, 0.3) is 0 Å². The molecule has 1 aromatic rings. The van der Waals surface area contributed by atoms with Crippen molar-refractivity contribution in [1.29, 1.82) is 0 Å². The van der Waals surface area contributed by atoms with Crippen LogP contribution in [0.4, 0.5) is 5.82 Å². The van der Waals surface area contributed by atoms with Gasteiger partial charge in [-0.25, -0.2) is 4.79 Å². The normalized spacial score (nSPS) is 14.9. The summed E-state index contributed by atoms with van der Waals surface area (Å²) in [5, 5.41) is 6.53. The summed E-state index contributed by atoms with van der Waals surface area (Å²) in [5.74, 6) is 1.27. The smallest absolute Gasteiger partial charge is 0.347 e. The number of rotatable bonds is 3. The molecule has 1 aliphatic rings. The molecule has 1 aliphatic heterocycles. The van der Waals surface area contributed by atoms with Crippen LogP contribution in [0.3, 0.4) is 0 Å². The predicted octanol–water partition coefficient (Wildman–Crippen LogP) is 0.483. The minimum Gasteiger partial charge on any atom is -0.369 e. The maximum atomic E-state index is 11.4. The summed E-state index contributed by atoms with van der Waals surface area (Å²) in [6, 6.07) is 0. The highest BCUT2D eigenvalue weighted by atomic mass is 16.1. The molecule has 0 radical (unpaired) electrons. The Bertz CT molecular complexity index is 424. The van der Waals surface area contributed by atoms with Gasteiger partial charge >= 0.3 is 5.69 Å². The zero-order chi connectivity index (χ0) is 11.5. The third-order valence-electron chi connectivity index (χ3n) is 2.65. The largest absolute Gasteiger partial charge is 0.369 e. The van der Waals surface area contributed by atoms with Gasteiger partial charge in [0.15, 0.2) is 0 Å². The first kappa shape index (κ1) is 11.1. The van der Waals surface area contributed by atoms with Crippen molar-refractivity contribution in [3.8, 4) is 0 Å². The summed E-state index contributed by atoms with van der Waals surface area (Å²) in [5.41, 5.74) is 1.86. The van der Waals surface area contributed by atoms with Gasteiger partial charge in [-0.3, -0.25) is 0 Å². The van der Waals surface area contributed by atoms with E-state index in [0.29, 0.717) is 5.92 Å². The fourth-order valence-corrected chi connectivity index (χ4v) is 1.82. The van der Waals surface area contributed by atoms with Gasteiger partial charge < -0.3 is 15.6 Å². The first-order valence-corrected chi connectivity index (χ1v) is 5.73. The van der Waals surface area contributed by atoms with Crippen molar-refractivity contribution in [3.63, 3.8) is 0 Å². The van der Waals surface area contributed by atoms with Crippen molar-refractivity contribution in [3.05, 3.63) is 21.7 Å². The van der Waals surface area contributed by atoms with Crippen LogP contribution in [-0.4, -0.2) is 23.1 Å². The molecule has 0 atom stereocenters. The van der Waals surface area contributed by atoms with Gasteiger partial charge in [0.05, 0.1) is 0 Å². The van der Waals surface area contributed by atoms with Gasteiger partial charge in [-0.1, -0.05) is 13.8 Å². The molecule has 16 heavy (non-hydrogen) atoms. The van der Waals surface area contributed by atoms with Crippen molar-refractivity contribution in [2.45, 2.75) is 26.8 Å². The van der Waals surface area contributed by atoms with Gasteiger partial charge in [0, 0.05) is 37.3 Å². The first-order valence-electron chi connectivity index (χ1n) is 5.73. The molecule has 0 spiro atoms. The summed E-state index contributed by atoms with van der Waals surface area (Å²) in [4.78, 5) is 18.2. The number of aromatic nitrogens is 2. The molecule has 2 heterocycles. The summed E-state index contributed by atoms with van der Waals surface area (Å²) < 4.78 is 0. The first-order chi connectivity index (χ1) is 7.66. The van der Waals surface area contributed by atoms with Crippen LogP contribution in [0.25, 0.3) is 0 Å². The second-order valence-corrected chi connectivity index (χ2v) is 4.55. The van der Waals surface area contributed by atoms with E-state index in [-0.39, 0.29) is 5.69 Å². The Labute approximate surface area is 94.7 Å². The summed E-state index contributed by atoms with van der Waals surface area (Å²) in [7, 11) is 0. The molecule has 2 rings (SSSR count). The lowest BCUT2D eigenvalue weighted by atomic mass is 10.1. The molecule has 0 saturated heterocycles. The molecule has 0 amide bonds. The Morgan fingerprint density at radius 2 is 2.31 bits per heavy atom. The fourth-order valence-electron chi connectivity index (χ4n) is 1.82. The van der Waals surface area contributed by atoms with Gasteiger partial charge in [-0.2, -0.15) is 4.98 Å². The van der Waals surface area contributed by atoms with Gasteiger partial charge in [0.2, 0.25) is 0 Å². The number of hydrogen-bond acceptors (Lipinski definition) is 4. The van der Waals surface area contributed by atoms with E-state index in [1.165, 1.54) is 0 Å². The molecule has 0 unspecified atom stereocenters. The third kappa shape index (κ3) is 2.41. The zero-order valence-electron chi connectivity index (χ0n) is 9.76. The fraction of sp³-hybridized carbons (Fsp3) is 0.636. The Hall–Kier alpha value is -1.36. The van der Waals surface area contributed by atoms with E-state index < -0.39 is 0 Å². The maximum absolute atomic E-state index is 11.4. The van der Waals surface area contributed by atoms with Crippen molar-refractivity contribution in [2.75, 3.05) is 18.4 Å². The lowest BCUT2D eigenvalue weighted by molar-refractivity contribution is 0.620. The van der Waals surface area contributed by atoms with E-state index in [2.05, 4.69) is 34.4 Å². The van der Waals surface area contributed by atoms with E-state index in [1.807, 2.05) is 0 Å². The van der Waals surface area contributed by atoms with E-state index in [4.69, 9.17) is 0 Å². The Morgan fingerprint density at radius 1 is 1.50 bits per heavy atom. The molecule has 5 heteroatoms. The van der Waals surface area contributed by atoms with Gasteiger partial charge in [-0.15, -0.1) is 0 Å². The van der Waals surface area contributed by atoms with Crippen molar-refractivity contribution >= 4 is 5.82 Å². The number of H-pyrrole nitrogens is 1. The number of anilines is 1. The molecule has 0 aromatic carbocycles. The zero-order valence-corrected chi connectivity index (χ0v) is 9.76. The van der Waals surface area contributed by atoms with Crippen LogP contribution >= 0.6 is 0 Å². The molecular weight excluding hydrogens is 204 g/mol. The summed E-state index contributed by atoms with van der Waals surface area (Å²) in [6.07, 6.45) is 0.865. The highest BCUT2D eigenvalue weighted by Gasteiger charge is 2.15. The highest BCUT2D eigenvalue weighted by Crippen LogP contribution is 2.17. The van der Waals surface area contributed by atoms with E-state index >= 15 is 0 Å². The van der Waals surface area contributed by atoms with Crippen LogP contribution in [0.1, 0.15) is 25.1 Å². The topological polar surface area (TPSA) is 69.8 Å². The Kier molecular flexibility index (Phi) is 3.24. The lowest BCUT2D eigenvalue weighted by Crippen LogP contribution is -2.30. The summed E-state index contributed by atoms with van der Waals surface area (Å²) in [6.45, 7) is 6.79. The molecule has 0 aliphatic carbocycles. The quantitative estimate of drug-likeness (QED) is 0.696. The van der Waals surface area contributed by atoms with Crippen LogP contribution in [0.5, 0.6) is 0 Å². The number of fused-ring (bicyclic) bond motifs is 1. The predicted molar refractivity (Wildman–Crippen MR) is 63.6 cm³/mol. The van der Waals surface area contributed by atoms with Crippen LogP contribution < -0.4 is 16.3 Å². The second-order valence-electron chi connectivity index (χ2n) is 4.55. The Balaban J connectivity index is 2.28. The number of aromatic amines is 1. The third-order valence-corrected chi connectivity index (χ3v) is 2.65. The van der Waals surface area contributed by atoms with E-state index in [0.717, 1.165) is 43.1 Å². The van der Waals surface area contributed by atoms with Crippen LogP contribution in [0.2, 0.25) is 0 Å². The molecule has 88 valence electrons. The monoisotopic (exact) mass is 222 g/mol. The number of nitrogens with one attached hydrogen (secondary N) is 3. The molecule has 0 saturated carbocycles. The second kappa shape index (κ2) is 4.65. The molecule has 0 fully saturated rings. The van der Waals surface area contributed by atoms with Crippen molar-refractivity contribution in [2.24, 2.45) is 5.92 Å². The molecule has 1 aromatic heterocycles. The SMILES string of the molecule is CC(C)CNc1nc(=O)[nH]c2c1CNCC2. The summed E-state index contributed by atoms with van der Waals surface area (Å²) >= 11 is 0. The maximum Gasteiger partial charge on any atom is 0.347 e. The standard InChI is InChI=1S/C11H18N4O/c1-7(2)5-13-10-8-6-12-4-3-9(8)14-11(16)15-10/h7,12H,3-6H2,1-2H3,(H2,13,14,15,16). The average Bonchev–Trinajstić information content (AvgIpc) is 2.25. The Morgan fingerprint density at radius 3 is 3.06 bits per heavy atom. The van der Waals surface area contributed by atoms with Gasteiger partial charge in [0.1, 0.15) is 5.82 Å². The van der Waals surface area contributed by atoms with Crippen molar-refractivity contribution < 1.29 is 0 Å². The number of hydrogen-bond donors (Lipinski definition) is 3. The average molecular weight is 222 g/mol. The minimum absolute atomic E-state index is 0.257. The van der Waals surface area contributed by atoms with E-state index in [1.54, 1.807) is 0 Å². The molecule has 3 N–H and O–H groups in total. The van der Waals surface area contributed by atoms with Crippen LogP contribution in [0, 0.1) is 5.92 Å². The van der Waals surface area contributed by atoms with Crippen molar-refractivity contribution in [1.82, 2.24) is 15.3 Å². The van der Waals surface area contributed by atoms with E-state index in [9.17, 15) is 4.79 Å². The highest BCUT2D eigenvalue weighted by molar-refractivity contribution is 5.46. The molecule has 0 bridgehead atoms. The minimum atomic E-state index is -0.257. The molecular formula is C11H18N4O. The van der Waals surface area contributed by atoms with Crippen LogP contribution in [-0.2, 0) is 13.0 Å². The lowest BCUT2D eigenvalue weighted by Gasteiger charge is -2.20. The number of nitrogens with zero attached hydrogens (tertiary/aromatic N) is 1.